The molecule has 3 heteroatoms. The smallest absolute Gasteiger partial charge is 0.244 e. The molecule has 116 valence electrons. The van der Waals surface area contributed by atoms with Crippen molar-refractivity contribution in [3.63, 3.8) is 0 Å². The third-order valence-electron chi connectivity index (χ3n) is 5.61. The number of rotatable bonds is 6. The average Bonchev–Trinajstić information content (AvgIpc) is 2.99. The zero-order chi connectivity index (χ0) is 14.8. The van der Waals surface area contributed by atoms with Crippen molar-refractivity contribution in [2.45, 2.75) is 96.8 Å². The van der Waals surface area contributed by atoms with Crippen molar-refractivity contribution in [3.8, 4) is 0 Å². The van der Waals surface area contributed by atoms with E-state index in [0.29, 0.717) is 17.9 Å². The van der Waals surface area contributed by atoms with Crippen LogP contribution in [-0.2, 0) is 4.79 Å². The molecular formula is C17H32N2O. The molecule has 0 aromatic heterocycles. The molecule has 1 aliphatic carbocycles. The van der Waals surface area contributed by atoms with Gasteiger partial charge in [-0.05, 0) is 32.1 Å². The lowest BCUT2D eigenvalue weighted by Gasteiger charge is -2.35. The van der Waals surface area contributed by atoms with E-state index in [9.17, 15) is 4.79 Å². The molecule has 0 bridgehead atoms. The summed E-state index contributed by atoms with van der Waals surface area (Å²) in [5, 5.41) is 3.73. The largest absolute Gasteiger partial charge is 0.323 e. The summed E-state index contributed by atoms with van der Waals surface area (Å²) in [6.07, 6.45) is 9.28. The van der Waals surface area contributed by atoms with Crippen LogP contribution in [0, 0.1) is 5.92 Å². The molecular weight excluding hydrogens is 248 g/mol. The van der Waals surface area contributed by atoms with Crippen LogP contribution < -0.4 is 5.32 Å². The Morgan fingerprint density at radius 2 is 1.85 bits per heavy atom. The van der Waals surface area contributed by atoms with Gasteiger partial charge >= 0.3 is 0 Å². The van der Waals surface area contributed by atoms with Crippen LogP contribution in [0.5, 0.6) is 0 Å². The highest BCUT2D eigenvalue weighted by atomic mass is 16.2. The van der Waals surface area contributed by atoms with E-state index in [1.54, 1.807) is 0 Å². The van der Waals surface area contributed by atoms with Crippen molar-refractivity contribution < 1.29 is 4.79 Å². The zero-order valence-corrected chi connectivity index (χ0v) is 13.7. The van der Waals surface area contributed by atoms with Gasteiger partial charge in [-0.1, -0.05) is 52.9 Å². The molecule has 1 heterocycles. The fourth-order valence-corrected chi connectivity index (χ4v) is 4.33. The van der Waals surface area contributed by atoms with Gasteiger partial charge in [0.2, 0.25) is 5.91 Å². The molecule has 0 aromatic carbocycles. The maximum atomic E-state index is 13.1. The SMILES string of the molecule is CCCC1NC2(CCCC2)C(=O)N1C(C)C(CC)CC. The van der Waals surface area contributed by atoms with E-state index in [2.05, 4.69) is 37.9 Å². The summed E-state index contributed by atoms with van der Waals surface area (Å²) in [6.45, 7) is 8.97. The maximum Gasteiger partial charge on any atom is 0.244 e. The molecule has 3 nitrogen and oxygen atoms in total. The number of nitrogens with zero attached hydrogens (tertiary/aromatic N) is 1. The van der Waals surface area contributed by atoms with E-state index in [1.807, 2.05) is 0 Å². The Morgan fingerprint density at radius 3 is 2.35 bits per heavy atom. The molecule has 0 aromatic rings. The molecule has 2 fully saturated rings. The van der Waals surface area contributed by atoms with E-state index in [1.165, 1.54) is 12.8 Å². The summed E-state index contributed by atoms with van der Waals surface area (Å²) in [5.74, 6) is 1.02. The van der Waals surface area contributed by atoms with Crippen LogP contribution in [0.1, 0.15) is 79.1 Å². The minimum absolute atomic E-state index is 0.208. The third kappa shape index (κ3) is 2.61. The first-order valence-corrected chi connectivity index (χ1v) is 8.70. The van der Waals surface area contributed by atoms with E-state index >= 15 is 0 Å². The highest BCUT2D eigenvalue weighted by Gasteiger charge is 2.53. The highest BCUT2D eigenvalue weighted by molar-refractivity contribution is 5.89. The molecule has 1 saturated carbocycles. The second-order valence-electron chi connectivity index (χ2n) is 6.77. The van der Waals surface area contributed by atoms with Gasteiger partial charge in [0.15, 0.2) is 0 Å². The van der Waals surface area contributed by atoms with Gasteiger partial charge in [0.25, 0.3) is 0 Å². The Labute approximate surface area is 124 Å². The van der Waals surface area contributed by atoms with Crippen molar-refractivity contribution in [2.75, 3.05) is 0 Å². The van der Waals surface area contributed by atoms with Gasteiger partial charge in [0.05, 0.1) is 11.7 Å². The van der Waals surface area contributed by atoms with Gasteiger partial charge in [0.1, 0.15) is 0 Å². The van der Waals surface area contributed by atoms with Gasteiger partial charge in [0, 0.05) is 6.04 Å². The Morgan fingerprint density at radius 1 is 1.25 bits per heavy atom. The minimum Gasteiger partial charge on any atom is -0.323 e. The second-order valence-corrected chi connectivity index (χ2v) is 6.77. The Bertz CT molecular complexity index is 332. The summed E-state index contributed by atoms with van der Waals surface area (Å²) in [4.78, 5) is 15.3. The number of nitrogens with one attached hydrogen (secondary N) is 1. The van der Waals surface area contributed by atoms with E-state index < -0.39 is 0 Å². The number of amides is 1. The fraction of sp³-hybridized carbons (Fsp3) is 0.941. The van der Waals surface area contributed by atoms with E-state index in [-0.39, 0.29) is 11.7 Å². The number of carbonyl (C=O) groups excluding carboxylic acids is 1. The Balaban J connectivity index is 2.21. The molecule has 2 aliphatic rings. The van der Waals surface area contributed by atoms with Crippen molar-refractivity contribution in [3.05, 3.63) is 0 Å². The topological polar surface area (TPSA) is 32.3 Å². The lowest BCUT2D eigenvalue weighted by Crippen LogP contribution is -2.47. The highest BCUT2D eigenvalue weighted by Crippen LogP contribution is 2.39. The van der Waals surface area contributed by atoms with Gasteiger partial charge < -0.3 is 4.90 Å². The second kappa shape index (κ2) is 6.46. The van der Waals surface area contributed by atoms with Crippen LogP contribution in [0.3, 0.4) is 0 Å². The first-order chi connectivity index (χ1) is 9.59. The van der Waals surface area contributed by atoms with Gasteiger partial charge in [-0.25, -0.2) is 0 Å². The summed E-state index contributed by atoms with van der Waals surface area (Å²) < 4.78 is 0. The van der Waals surface area contributed by atoms with Crippen molar-refractivity contribution >= 4 is 5.91 Å². The molecule has 1 spiro atoms. The lowest BCUT2D eigenvalue weighted by molar-refractivity contribution is -0.136. The van der Waals surface area contributed by atoms with Crippen LogP contribution in [0.2, 0.25) is 0 Å². The fourth-order valence-electron chi connectivity index (χ4n) is 4.33. The first kappa shape index (κ1) is 15.8. The summed E-state index contributed by atoms with van der Waals surface area (Å²) >= 11 is 0. The summed E-state index contributed by atoms with van der Waals surface area (Å²) in [5.41, 5.74) is -0.208. The molecule has 2 unspecified atom stereocenters. The molecule has 1 aliphatic heterocycles. The van der Waals surface area contributed by atoms with E-state index in [4.69, 9.17) is 0 Å². The van der Waals surface area contributed by atoms with Crippen LogP contribution in [0.15, 0.2) is 0 Å². The number of carbonyl (C=O) groups is 1. The van der Waals surface area contributed by atoms with Gasteiger partial charge in [-0.2, -0.15) is 0 Å². The van der Waals surface area contributed by atoms with E-state index in [0.717, 1.165) is 38.5 Å². The number of hydrogen-bond acceptors (Lipinski definition) is 2. The normalized spacial score (nSPS) is 26.9. The number of hydrogen-bond donors (Lipinski definition) is 1. The summed E-state index contributed by atoms with van der Waals surface area (Å²) in [7, 11) is 0. The average molecular weight is 280 g/mol. The monoisotopic (exact) mass is 280 g/mol. The molecule has 0 radical (unpaired) electrons. The Kier molecular flexibility index (Phi) is 5.11. The zero-order valence-electron chi connectivity index (χ0n) is 13.7. The molecule has 2 atom stereocenters. The standard InChI is InChI=1S/C17H32N2O/c1-5-10-15-18-17(11-8-9-12-17)16(20)19(15)13(4)14(6-2)7-3/h13-15,18H,5-12H2,1-4H3. The third-order valence-corrected chi connectivity index (χ3v) is 5.61. The van der Waals surface area contributed by atoms with Crippen molar-refractivity contribution in [2.24, 2.45) is 5.92 Å². The molecule has 1 N–H and O–H groups in total. The first-order valence-electron chi connectivity index (χ1n) is 8.70. The Hall–Kier alpha value is -0.570. The summed E-state index contributed by atoms with van der Waals surface area (Å²) in [6, 6.07) is 0.363. The minimum atomic E-state index is -0.208. The molecule has 2 rings (SSSR count). The van der Waals surface area contributed by atoms with Gasteiger partial charge in [-0.15, -0.1) is 0 Å². The van der Waals surface area contributed by atoms with Gasteiger partial charge in [-0.3, -0.25) is 10.1 Å². The predicted molar refractivity (Wildman–Crippen MR) is 83.4 cm³/mol. The van der Waals surface area contributed by atoms with Crippen LogP contribution >= 0.6 is 0 Å². The van der Waals surface area contributed by atoms with Crippen molar-refractivity contribution in [1.82, 2.24) is 10.2 Å². The van der Waals surface area contributed by atoms with Crippen LogP contribution in [0.25, 0.3) is 0 Å². The van der Waals surface area contributed by atoms with Crippen LogP contribution in [0.4, 0.5) is 0 Å². The van der Waals surface area contributed by atoms with Crippen molar-refractivity contribution in [1.29, 1.82) is 0 Å². The quantitative estimate of drug-likeness (QED) is 0.805. The maximum absolute atomic E-state index is 13.1. The van der Waals surface area contributed by atoms with Crippen LogP contribution in [-0.4, -0.2) is 28.6 Å². The lowest BCUT2D eigenvalue weighted by atomic mass is 9.92. The molecule has 20 heavy (non-hydrogen) atoms. The molecule has 1 amide bonds. The molecule has 1 saturated heterocycles. The predicted octanol–water partition coefficient (Wildman–Crippen LogP) is 3.68.